The van der Waals surface area contributed by atoms with Gasteiger partial charge in [0, 0.05) is 40.0 Å². The van der Waals surface area contributed by atoms with Crippen LogP contribution in [0.25, 0.3) is 71.9 Å². The second-order valence-corrected chi connectivity index (χ2v) is 13.7. The van der Waals surface area contributed by atoms with Gasteiger partial charge in [-0.2, -0.15) is 0 Å². The first-order valence-corrected chi connectivity index (χ1v) is 17.8. The molecule has 1 aliphatic heterocycles. The molecule has 0 N–H and O–H groups in total. The molecule has 0 radical (unpaired) electrons. The van der Waals surface area contributed by atoms with E-state index in [-0.39, 0.29) is 0 Å². The average Bonchev–Trinajstić information content (AvgIpc) is 3.19. The fourth-order valence-corrected chi connectivity index (χ4v) is 7.66. The van der Waals surface area contributed by atoms with Crippen LogP contribution in [-0.2, 0) is 0 Å². The number of rotatable bonds is 5. The van der Waals surface area contributed by atoms with E-state index >= 15 is 0 Å². The summed E-state index contributed by atoms with van der Waals surface area (Å²) in [6, 6.07) is 43.2. The number of para-hydroxylation sites is 1. The summed E-state index contributed by atoms with van der Waals surface area (Å²) in [5, 5.41) is 4.79. The van der Waals surface area contributed by atoms with E-state index in [0.717, 1.165) is 52.2 Å². The van der Waals surface area contributed by atoms with Crippen LogP contribution < -0.4 is 0 Å². The third-order valence-electron chi connectivity index (χ3n) is 10.7. The topological polar surface area (TPSA) is 41.9 Å². The van der Waals surface area contributed by atoms with E-state index in [4.69, 9.17) is 15.0 Å². The Morgan fingerprint density at radius 1 is 0.569 bits per heavy atom. The zero-order valence-corrected chi connectivity index (χ0v) is 29.1. The molecular formula is C47H38N4. The van der Waals surface area contributed by atoms with Gasteiger partial charge in [0.2, 0.25) is 0 Å². The second kappa shape index (κ2) is 12.6. The molecule has 0 spiro atoms. The van der Waals surface area contributed by atoms with Crippen molar-refractivity contribution in [3.63, 3.8) is 0 Å². The van der Waals surface area contributed by atoms with Gasteiger partial charge in [-0.1, -0.05) is 127 Å². The molecule has 3 heterocycles. The summed E-state index contributed by atoms with van der Waals surface area (Å²) in [7, 11) is 2.16. The van der Waals surface area contributed by atoms with Crippen molar-refractivity contribution < 1.29 is 0 Å². The molecule has 0 bridgehead atoms. The van der Waals surface area contributed by atoms with Crippen LogP contribution >= 0.6 is 0 Å². The van der Waals surface area contributed by atoms with Crippen molar-refractivity contribution >= 4 is 49.3 Å². The Hall–Kier alpha value is -6.13. The van der Waals surface area contributed by atoms with Crippen molar-refractivity contribution in [3.8, 4) is 22.6 Å². The van der Waals surface area contributed by atoms with E-state index in [1.807, 2.05) is 6.07 Å². The summed E-state index contributed by atoms with van der Waals surface area (Å²) in [6.45, 7) is 4.42. The van der Waals surface area contributed by atoms with Crippen LogP contribution in [0, 0.1) is 0 Å². The highest BCUT2D eigenvalue weighted by Crippen LogP contribution is 2.40. The number of nitrogens with zero attached hydrogens (tertiary/aromatic N) is 4. The van der Waals surface area contributed by atoms with Crippen LogP contribution in [0.5, 0.6) is 0 Å². The molecule has 0 saturated carbocycles. The predicted octanol–water partition coefficient (Wildman–Crippen LogP) is 11.5. The van der Waals surface area contributed by atoms with Gasteiger partial charge in [0.25, 0.3) is 0 Å². The molecular weight excluding hydrogens is 621 g/mol. The molecule has 1 aliphatic carbocycles. The smallest absolute Gasteiger partial charge is 0.160 e. The van der Waals surface area contributed by atoms with Crippen molar-refractivity contribution in [2.75, 3.05) is 7.05 Å². The Morgan fingerprint density at radius 2 is 1.25 bits per heavy atom. The van der Waals surface area contributed by atoms with E-state index in [9.17, 15) is 0 Å². The minimum atomic E-state index is 0.309. The van der Waals surface area contributed by atoms with Crippen molar-refractivity contribution in [2.24, 2.45) is 0 Å². The number of allylic oxidation sites excluding steroid dienone is 7. The lowest BCUT2D eigenvalue weighted by molar-refractivity contribution is 0.378. The zero-order valence-electron chi connectivity index (χ0n) is 29.1. The largest absolute Gasteiger partial charge is 0.371 e. The molecule has 4 heteroatoms. The standard InChI is InChI=1S/C47H38N4/c1-30-17-27-38(31(2)51(30)3)33-18-24-37(25-19-33)47-49-43(34-12-5-4-6-13-34)29-44(50-47)35-20-22-36(23-21-35)45-40-15-9-10-16-42(40)48-46-39-14-8-7-11-32(39)26-28-41(45)46/h4-20,22,24-29,31H,21,23H2,1-3H3. The highest BCUT2D eigenvalue weighted by molar-refractivity contribution is 6.14. The summed E-state index contributed by atoms with van der Waals surface area (Å²) in [4.78, 5) is 17.8. The van der Waals surface area contributed by atoms with E-state index < -0.39 is 0 Å². The monoisotopic (exact) mass is 658 g/mol. The van der Waals surface area contributed by atoms with Gasteiger partial charge in [-0.3, -0.25) is 0 Å². The lowest BCUT2D eigenvalue weighted by atomic mass is 9.87. The van der Waals surface area contributed by atoms with Crippen LogP contribution in [0.2, 0.25) is 0 Å². The second-order valence-electron chi connectivity index (χ2n) is 13.7. The van der Waals surface area contributed by atoms with Gasteiger partial charge in [-0.25, -0.2) is 15.0 Å². The van der Waals surface area contributed by atoms with Crippen molar-refractivity contribution in [2.45, 2.75) is 32.7 Å². The van der Waals surface area contributed by atoms with Gasteiger partial charge >= 0.3 is 0 Å². The number of pyridine rings is 1. The fraction of sp³-hybridized carbons (Fsp3) is 0.128. The van der Waals surface area contributed by atoms with Crippen LogP contribution in [-0.4, -0.2) is 32.9 Å². The van der Waals surface area contributed by atoms with E-state index in [0.29, 0.717) is 6.04 Å². The normalized spacial score (nSPS) is 16.2. The van der Waals surface area contributed by atoms with Gasteiger partial charge < -0.3 is 4.90 Å². The fourth-order valence-electron chi connectivity index (χ4n) is 7.66. The minimum absolute atomic E-state index is 0.309. The van der Waals surface area contributed by atoms with E-state index in [1.54, 1.807) is 0 Å². The average molecular weight is 659 g/mol. The van der Waals surface area contributed by atoms with Crippen LogP contribution in [0.4, 0.5) is 0 Å². The lowest BCUT2D eigenvalue weighted by Gasteiger charge is -2.32. The SMILES string of the molecule is CC1=CC=C(c2ccc(-c3nc(C4=CC=C(c5c6ccccc6nc6c5ccc5ccccc56)CC4)cc(-c4ccccc4)n3)cc2)C(C)N1C. The van der Waals surface area contributed by atoms with Crippen LogP contribution in [0.15, 0.2) is 151 Å². The van der Waals surface area contributed by atoms with Crippen LogP contribution in [0.3, 0.4) is 0 Å². The summed E-state index contributed by atoms with van der Waals surface area (Å²) in [5.41, 5.74) is 13.7. The van der Waals surface area contributed by atoms with Gasteiger partial charge in [-0.15, -0.1) is 0 Å². The molecule has 5 aromatic carbocycles. The molecule has 246 valence electrons. The van der Waals surface area contributed by atoms with E-state index in [2.05, 4.69) is 165 Å². The number of likely N-dealkylation sites (N-methyl/N-ethyl adjacent to an activating group) is 1. The molecule has 4 nitrogen and oxygen atoms in total. The summed E-state index contributed by atoms with van der Waals surface area (Å²) in [5.74, 6) is 0.741. The first kappa shape index (κ1) is 30.9. The maximum Gasteiger partial charge on any atom is 0.160 e. The molecule has 9 rings (SSSR count). The maximum atomic E-state index is 5.21. The minimum Gasteiger partial charge on any atom is -0.371 e. The molecule has 1 atom stereocenters. The quantitative estimate of drug-likeness (QED) is 0.136. The molecule has 0 saturated heterocycles. The van der Waals surface area contributed by atoms with Gasteiger partial charge in [0.05, 0.1) is 28.5 Å². The van der Waals surface area contributed by atoms with Crippen molar-refractivity contribution in [3.05, 3.63) is 168 Å². The number of aromatic nitrogens is 3. The Morgan fingerprint density at radius 3 is 2.06 bits per heavy atom. The highest BCUT2D eigenvalue weighted by Gasteiger charge is 2.21. The number of fused-ring (bicyclic) bond motifs is 4. The summed E-state index contributed by atoms with van der Waals surface area (Å²) in [6.07, 6.45) is 10.8. The Labute approximate surface area is 298 Å². The van der Waals surface area contributed by atoms with Crippen molar-refractivity contribution in [1.29, 1.82) is 0 Å². The highest BCUT2D eigenvalue weighted by atomic mass is 15.1. The summed E-state index contributed by atoms with van der Waals surface area (Å²) < 4.78 is 0. The van der Waals surface area contributed by atoms with Crippen molar-refractivity contribution in [1.82, 2.24) is 19.9 Å². The van der Waals surface area contributed by atoms with Gasteiger partial charge in [-0.05, 0) is 78.1 Å². The molecule has 1 unspecified atom stereocenters. The predicted molar refractivity (Wildman–Crippen MR) is 214 cm³/mol. The Balaban J connectivity index is 1.13. The number of benzene rings is 5. The molecule has 0 fully saturated rings. The molecule has 2 aliphatic rings. The first-order chi connectivity index (χ1) is 25.0. The molecule has 2 aromatic heterocycles. The third-order valence-corrected chi connectivity index (χ3v) is 10.7. The zero-order chi connectivity index (χ0) is 34.5. The number of hydrogen-bond acceptors (Lipinski definition) is 4. The molecule has 7 aromatic rings. The third kappa shape index (κ3) is 5.54. The maximum absolute atomic E-state index is 5.21. The summed E-state index contributed by atoms with van der Waals surface area (Å²) >= 11 is 0. The van der Waals surface area contributed by atoms with Gasteiger partial charge in [0.15, 0.2) is 5.82 Å². The van der Waals surface area contributed by atoms with Gasteiger partial charge in [0.1, 0.15) is 0 Å². The van der Waals surface area contributed by atoms with E-state index in [1.165, 1.54) is 55.1 Å². The Kier molecular flexibility index (Phi) is 7.66. The number of hydrogen-bond donors (Lipinski definition) is 0. The van der Waals surface area contributed by atoms with Crippen LogP contribution in [0.1, 0.15) is 43.5 Å². The first-order valence-electron chi connectivity index (χ1n) is 17.8. The molecule has 51 heavy (non-hydrogen) atoms. The Bertz CT molecular complexity index is 2610. The lowest BCUT2D eigenvalue weighted by Crippen LogP contribution is -2.30. The molecule has 0 amide bonds.